The van der Waals surface area contributed by atoms with Gasteiger partial charge in [0.15, 0.2) is 16.4 Å². The third-order valence-electron chi connectivity index (χ3n) is 8.45. The molecule has 12 nitrogen and oxygen atoms in total. The summed E-state index contributed by atoms with van der Waals surface area (Å²) in [6, 6.07) is 4.47. The summed E-state index contributed by atoms with van der Waals surface area (Å²) in [5, 5.41) is 10.3. The number of ether oxygens (including phenoxy) is 2. The maximum atomic E-state index is 15.5. The highest BCUT2D eigenvalue weighted by molar-refractivity contribution is 9.10. The van der Waals surface area contributed by atoms with Gasteiger partial charge in [-0.2, -0.15) is 18.4 Å². The Bertz CT molecular complexity index is 1880. The van der Waals surface area contributed by atoms with Crippen LogP contribution in [0.4, 0.5) is 22.4 Å². The van der Waals surface area contributed by atoms with Crippen molar-refractivity contribution in [3.8, 4) is 11.8 Å². The number of alkyl halides is 3. The summed E-state index contributed by atoms with van der Waals surface area (Å²) in [7, 11) is -4.48. The fraction of sp³-hybridized carbons (Fsp3) is 0.516. The molecule has 1 aromatic carbocycles. The number of nitrogens with one attached hydrogen (secondary N) is 1. The van der Waals surface area contributed by atoms with Gasteiger partial charge in [0, 0.05) is 36.4 Å². The number of carbonyl (C=O) groups is 3. The van der Waals surface area contributed by atoms with Crippen LogP contribution in [-0.4, -0.2) is 96.0 Å². The predicted octanol–water partition coefficient (Wildman–Crippen LogP) is 4.68. The van der Waals surface area contributed by atoms with Gasteiger partial charge in [-0.05, 0) is 74.2 Å². The van der Waals surface area contributed by atoms with Crippen LogP contribution in [-0.2, 0) is 29.6 Å². The standard InChI is InChI=1S/C31H31BrClF4N5O7S/c1-28(2,3)49-27(45)41-14-30(15-41,24-21(34)8-17(32)11-39-24)26(44)42-12-19(10-22(42)25(43)40-29(13-38)6-7-29)50(46,47)23-5-4-18(9-20(23)33)48-16-31(35,36)37/h4-5,8-9,11,19,22H,6-7,10,12,14-16H2,1-3H3,(H,40,43). The van der Waals surface area contributed by atoms with Crippen LogP contribution in [0.15, 0.2) is 39.8 Å². The molecular formula is C31H31BrClF4N5O7S. The van der Waals surface area contributed by atoms with Crippen LogP contribution in [0.2, 0.25) is 5.02 Å². The third-order valence-corrected chi connectivity index (χ3v) is 11.5. The van der Waals surface area contributed by atoms with Gasteiger partial charge in [-0.25, -0.2) is 17.6 Å². The van der Waals surface area contributed by atoms with Gasteiger partial charge in [-0.15, -0.1) is 0 Å². The summed E-state index contributed by atoms with van der Waals surface area (Å²) >= 11 is 9.35. The number of rotatable bonds is 8. The number of carbonyl (C=O) groups excluding carboxylic acids is 3. The van der Waals surface area contributed by atoms with E-state index < -0.39 is 110 Å². The minimum absolute atomic E-state index is 0.257. The van der Waals surface area contributed by atoms with Gasteiger partial charge in [-0.1, -0.05) is 11.6 Å². The average Bonchev–Trinajstić information content (AvgIpc) is 3.59. The molecule has 2 unspecified atom stereocenters. The van der Waals surface area contributed by atoms with Gasteiger partial charge in [0.2, 0.25) is 11.8 Å². The molecule has 3 fully saturated rings. The Morgan fingerprint density at radius 1 is 1.18 bits per heavy atom. The Kier molecular flexibility index (Phi) is 9.86. The molecule has 2 aromatic rings. The molecule has 50 heavy (non-hydrogen) atoms. The fourth-order valence-corrected chi connectivity index (χ4v) is 8.38. The molecule has 1 saturated carbocycles. The lowest BCUT2D eigenvalue weighted by Gasteiger charge is -2.49. The van der Waals surface area contributed by atoms with Crippen LogP contribution in [0.5, 0.6) is 5.75 Å². The Morgan fingerprint density at radius 2 is 1.84 bits per heavy atom. The molecule has 0 bridgehead atoms. The van der Waals surface area contributed by atoms with Crippen molar-refractivity contribution in [3.63, 3.8) is 0 Å². The largest absolute Gasteiger partial charge is 0.484 e. The van der Waals surface area contributed by atoms with E-state index in [0.717, 1.165) is 34.1 Å². The minimum atomic E-state index is -4.66. The van der Waals surface area contributed by atoms with Crippen LogP contribution in [0, 0.1) is 17.1 Å². The molecule has 19 heteroatoms. The number of hydrogen-bond donors (Lipinski definition) is 1. The first-order chi connectivity index (χ1) is 23.1. The van der Waals surface area contributed by atoms with E-state index in [2.05, 4.69) is 31.0 Å². The molecule has 1 N–H and O–H groups in total. The lowest BCUT2D eigenvalue weighted by Crippen LogP contribution is -2.69. The van der Waals surface area contributed by atoms with E-state index in [9.17, 15) is 41.2 Å². The molecule has 5 rings (SSSR count). The van der Waals surface area contributed by atoms with Gasteiger partial charge >= 0.3 is 12.3 Å². The number of likely N-dealkylation sites (tertiary alicyclic amines) is 2. The number of halogens is 6. The zero-order valence-corrected chi connectivity index (χ0v) is 30.0. The number of nitriles is 1. The molecule has 0 spiro atoms. The molecule has 3 heterocycles. The van der Waals surface area contributed by atoms with Crippen molar-refractivity contribution in [2.75, 3.05) is 26.2 Å². The lowest BCUT2D eigenvalue weighted by atomic mass is 9.74. The van der Waals surface area contributed by atoms with Crippen LogP contribution in [0.3, 0.4) is 0 Å². The van der Waals surface area contributed by atoms with E-state index in [4.69, 9.17) is 16.3 Å². The molecule has 3 aliphatic rings. The second-order valence-corrected chi connectivity index (χ2v) is 17.0. The topological polar surface area (TPSA) is 159 Å². The first-order valence-electron chi connectivity index (χ1n) is 15.2. The fourth-order valence-electron chi connectivity index (χ4n) is 5.84. The number of sulfone groups is 1. The first-order valence-corrected chi connectivity index (χ1v) is 17.9. The summed E-state index contributed by atoms with van der Waals surface area (Å²) in [6.07, 6.45) is -4.01. The minimum Gasteiger partial charge on any atom is -0.484 e. The number of nitrogens with zero attached hydrogens (tertiary/aromatic N) is 4. The van der Waals surface area contributed by atoms with Gasteiger partial charge < -0.3 is 24.6 Å². The maximum absolute atomic E-state index is 15.5. The predicted molar refractivity (Wildman–Crippen MR) is 171 cm³/mol. The second-order valence-electron chi connectivity index (χ2n) is 13.5. The van der Waals surface area contributed by atoms with E-state index in [-0.39, 0.29) is 15.9 Å². The molecule has 1 aromatic heterocycles. The second kappa shape index (κ2) is 13.1. The van der Waals surface area contributed by atoms with Crippen molar-refractivity contribution in [1.29, 1.82) is 5.26 Å². The van der Waals surface area contributed by atoms with E-state index in [0.29, 0.717) is 12.8 Å². The number of pyridine rings is 1. The summed E-state index contributed by atoms with van der Waals surface area (Å²) in [6.45, 7) is 1.84. The van der Waals surface area contributed by atoms with Crippen molar-refractivity contribution < 1.29 is 49.8 Å². The zero-order chi connectivity index (χ0) is 37.0. The van der Waals surface area contributed by atoms with Gasteiger partial charge in [0.25, 0.3) is 0 Å². The van der Waals surface area contributed by atoms with Crippen molar-refractivity contribution in [2.24, 2.45) is 0 Å². The number of benzene rings is 1. The zero-order valence-electron chi connectivity index (χ0n) is 26.8. The van der Waals surface area contributed by atoms with Crippen LogP contribution in [0.1, 0.15) is 45.7 Å². The Labute approximate surface area is 298 Å². The monoisotopic (exact) mass is 807 g/mol. The van der Waals surface area contributed by atoms with E-state index in [1.807, 2.05) is 6.07 Å². The molecule has 2 saturated heterocycles. The van der Waals surface area contributed by atoms with Crippen molar-refractivity contribution in [3.05, 3.63) is 51.5 Å². The summed E-state index contributed by atoms with van der Waals surface area (Å²) < 4.78 is 91.7. The van der Waals surface area contributed by atoms with Crippen LogP contribution >= 0.6 is 27.5 Å². The highest BCUT2D eigenvalue weighted by atomic mass is 79.9. The third kappa shape index (κ3) is 7.64. The van der Waals surface area contributed by atoms with Crippen LogP contribution in [0.25, 0.3) is 0 Å². The number of amides is 3. The quantitative estimate of drug-likeness (QED) is 0.374. The maximum Gasteiger partial charge on any atom is 0.422 e. The summed E-state index contributed by atoms with van der Waals surface area (Å²) in [4.78, 5) is 47.0. The van der Waals surface area contributed by atoms with Crippen molar-refractivity contribution in [1.82, 2.24) is 20.1 Å². The highest BCUT2D eigenvalue weighted by Gasteiger charge is 2.60. The number of hydrogen-bond acceptors (Lipinski definition) is 9. The van der Waals surface area contributed by atoms with Crippen LogP contribution < -0.4 is 10.1 Å². The SMILES string of the molecule is CC(C)(C)OC(=O)N1CC(C(=O)N2CC(S(=O)(=O)c3ccc(OCC(F)(F)F)cc3Cl)CC2C(=O)NC2(C#N)CC2)(c2ncc(Br)cc2F)C1. The van der Waals surface area contributed by atoms with Crippen molar-refractivity contribution >= 4 is 55.3 Å². The normalized spacial score (nSPS) is 21.1. The Morgan fingerprint density at radius 3 is 2.38 bits per heavy atom. The highest BCUT2D eigenvalue weighted by Crippen LogP contribution is 2.42. The first kappa shape index (κ1) is 37.6. The smallest absolute Gasteiger partial charge is 0.422 e. The van der Waals surface area contributed by atoms with Gasteiger partial charge in [-0.3, -0.25) is 14.6 Å². The lowest BCUT2D eigenvalue weighted by molar-refractivity contribution is -0.153. The summed E-state index contributed by atoms with van der Waals surface area (Å²) in [5.74, 6) is -2.96. The Hall–Kier alpha value is -3.69. The van der Waals surface area contributed by atoms with E-state index >= 15 is 4.39 Å². The molecular weight excluding hydrogens is 778 g/mol. The molecule has 270 valence electrons. The summed E-state index contributed by atoms with van der Waals surface area (Å²) in [5.41, 5.74) is -4.30. The molecule has 2 atom stereocenters. The van der Waals surface area contributed by atoms with Crippen molar-refractivity contribution in [2.45, 2.75) is 79.0 Å². The van der Waals surface area contributed by atoms with E-state index in [1.165, 1.54) is 6.20 Å². The Balaban J connectivity index is 1.50. The van der Waals surface area contributed by atoms with Gasteiger partial charge in [0.1, 0.15) is 34.2 Å². The molecule has 0 radical (unpaired) electrons. The molecule has 2 aliphatic heterocycles. The molecule has 1 aliphatic carbocycles. The van der Waals surface area contributed by atoms with Gasteiger partial charge in [0.05, 0.1) is 26.9 Å². The molecule has 3 amide bonds. The van der Waals surface area contributed by atoms with E-state index in [1.54, 1.807) is 20.8 Å². The average molecular weight is 809 g/mol. The number of aromatic nitrogens is 1.